The van der Waals surface area contributed by atoms with Crippen molar-refractivity contribution in [3.8, 4) is 0 Å². The predicted molar refractivity (Wildman–Crippen MR) is 84.2 cm³/mol. The molecule has 1 unspecified atom stereocenters. The topological polar surface area (TPSA) is 103 Å². The highest BCUT2D eigenvalue weighted by Gasteiger charge is 2.39. The van der Waals surface area contributed by atoms with Gasteiger partial charge in [0.25, 0.3) is 5.82 Å². The zero-order valence-corrected chi connectivity index (χ0v) is 12.9. The molecule has 0 spiro atoms. The molecule has 118 valence electrons. The molecule has 8 heteroatoms. The number of nitrogens with one attached hydrogen (secondary N) is 1. The first-order valence-electron chi connectivity index (χ1n) is 6.68. The van der Waals surface area contributed by atoms with Gasteiger partial charge in [0.2, 0.25) is 5.70 Å². The smallest absolute Gasteiger partial charge is 0.363 e. The van der Waals surface area contributed by atoms with Gasteiger partial charge in [-0.2, -0.15) is 4.31 Å². The maximum absolute atomic E-state index is 12.4. The summed E-state index contributed by atoms with van der Waals surface area (Å²) in [5.41, 5.74) is 0.169. The van der Waals surface area contributed by atoms with Crippen LogP contribution in [0.1, 0.15) is 5.56 Å². The summed E-state index contributed by atoms with van der Waals surface area (Å²) < 4.78 is 14.1. The fourth-order valence-electron chi connectivity index (χ4n) is 2.27. The van der Waals surface area contributed by atoms with E-state index in [1.807, 2.05) is 0 Å². The van der Waals surface area contributed by atoms with E-state index in [1.54, 1.807) is 30.3 Å². The van der Waals surface area contributed by atoms with Crippen LogP contribution < -0.4 is 10.0 Å². The second-order valence-electron chi connectivity index (χ2n) is 4.81. The maximum atomic E-state index is 12.4. The fraction of sp³-hybridized carbons (Fsp3) is 0.0667. The van der Waals surface area contributed by atoms with Gasteiger partial charge in [-0.25, -0.2) is 14.8 Å². The Bertz CT molecular complexity index is 809. The predicted octanol–water partition coefficient (Wildman–Crippen LogP) is 1.15. The average molecular weight is 331 g/mol. The van der Waals surface area contributed by atoms with Crippen LogP contribution in [0.25, 0.3) is 5.76 Å². The molecule has 1 aromatic carbocycles. The van der Waals surface area contributed by atoms with Crippen molar-refractivity contribution in [1.29, 1.82) is 0 Å². The molecule has 0 saturated carbocycles. The average Bonchev–Trinajstić information content (AvgIpc) is 2.55. The lowest BCUT2D eigenvalue weighted by Gasteiger charge is -2.28. The lowest BCUT2D eigenvalue weighted by molar-refractivity contribution is -0.590. The molecule has 0 aliphatic carbocycles. The van der Waals surface area contributed by atoms with Gasteiger partial charge in [-0.15, -0.1) is 0 Å². The fourth-order valence-corrected chi connectivity index (χ4v) is 3.45. The van der Waals surface area contributed by atoms with Gasteiger partial charge >= 0.3 is 5.91 Å². The zero-order valence-electron chi connectivity index (χ0n) is 12.1. The quantitative estimate of drug-likeness (QED) is 0.488. The van der Waals surface area contributed by atoms with E-state index >= 15 is 0 Å². The lowest BCUT2D eigenvalue weighted by Crippen LogP contribution is -2.39. The molecule has 2 aromatic rings. The molecule has 2 heterocycles. The second-order valence-corrected chi connectivity index (χ2v) is 6.29. The van der Waals surface area contributed by atoms with Crippen LogP contribution in [0.5, 0.6) is 0 Å². The molecule has 0 radical (unpaired) electrons. The number of hydrogen-bond acceptors (Lipinski definition) is 5. The maximum Gasteiger partial charge on any atom is 0.363 e. The van der Waals surface area contributed by atoms with Gasteiger partial charge in [0.05, 0.1) is 18.8 Å². The Hall–Kier alpha value is -2.71. The molecule has 0 bridgehead atoms. The van der Waals surface area contributed by atoms with Crippen molar-refractivity contribution >= 4 is 28.8 Å². The third-order valence-electron chi connectivity index (χ3n) is 3.40. The largest absolute Gasteiger partial charge is 0.711 e. The molecule has 1 aromatic heterocycles. The number of fused-ring (bicyclic) bond motifs is 1. The highest BCUT2D eigenvalue weighted by Crippen LogP contribution is 2.34. The standard InChI is InChI=1S/C15H13N3O4S/c1-17-13(15(20)16-12-8-4-5-9-18(12)21)14(19)10-6-2-3-7-11(10)23(17)22/h2-9,19H,1H3,(H,16,20). The number of aliphatic hydroxyl groups excluding tert-OH is 1. The number of anilines is 1. The zero-order chi connectivity index (χ0) is 16.6. The van der Waals surface area contributed by atoms with Gasteiger partial charge < -0.3 is 14.9 Å². The number of hydrogen-bond donors (Lipinski definition) is 2. The van der Waals surface area contributed by atoms with Crippen molar-refractivity contribution in [3.63, 3.8) is 0 Å². The summed E-state index contributed by atoms with van der Waals surface area (Å²) in [7, 11) is 1.44. The minimum absolute atomic E-state index is 0.0100. The van der Waals surface area contributed by atoms with Crippen molar-refractivity contribution in [2.75, 3.05) is 12.4 Å². The summed E-state index contributed by atoms with van der Waals surface area (Å²) in [6.45, 7) is 0. The Morgan fingerprint density at radius 1 is 1.26 bits per heavy atom. The SMILES string of the molecule is CN1C(C(=O)Nc2cccc[n+]2[O-])=C(O)c2ccccc2[S+]1[O-]. The summed E-state index contributed by atoms with van der Waals surface area (Å²) in [5, 5.41) is 24.4. The molecule has 2 N–H and O–H groups in total. The third-order valence-corrected chi connectivity index (χ3v) is 4.81. The summed E-state index contributed by atoms with van der Waals surface area (Å²) in [4.78, 5) is 12.9. The second kappa shape index (κ2) is 5.82. The number of amides is 1. The summed E-state index contributed by atoms with van der Waals surface area (Å²) in [6, 6.07) is 11.1. The van der Waals surface area contributed by atoms with E-state index < -0.39 is 17.3 Å². The number of carbonyl (C=O) groups is 1. The molecule has 3 rings (SSSR count). The van der Waals surface area contributed by atoms with Crippen molar-refractivity contribution in [3.05, 3.63) is 65.1 Å². The molecule has 7 nitrogen and oxygen atoms in total. The Labute approximate surface area is 135 Å². The first kappa shape index (κ1) is 15.2. The third kappa shape index (κ3) is 2.58. The van der Waals surface area contributed by atoms with Gasteiger partial charge in [0.15, 0.2) is 10.7 Å². The number of aliphatic hydroxyl groups is 1. The molecule has 23 heavy (non-hydrogen) atoms. The number of nitrogens with zero attached hydrogens (tertiary/aromatic N) is 2. The first-order chi connectivity index (χ1) is 11.0. The molecule has 1 amide bonds. The van der Waals surface area contributed by atoms with Gasteiger partial charge in [-0.1, -0.05) is 18.2 Å². The van der Waals surface area contributed by atoms with E-state index in [0.29, 0.717) is 15.2 Å². The van der Waals surface area contributed by atoms with Crippen molar-refractivity contribution in [2.24, 2.45) is 0 Å². The molecule has 1 aliphatic heterocycles. The number of likely N-dealkylation sites (N-methyl/N-ethyl adjacent to an activating group) is 1. The van der Waals surface area contributed by atoms with Crippen LogP contribution in [0, 0.1) is 5.21 Å². The van der Waals surface area contributed by atoms with Crippen LogP contribution >= 0.6 is 0 Å². The molecular formula is C15H13N3O4S. The molecule has 0 saturated heterocycles. The van der Waals surface area contributed by atoms with Crippen molar-refractivity contribution in [2.45, 2.75) is 4.90 Å². The summed E-state index contributed by atoms with van der Waals surface area (Å²) >= 11 is -1.62. The lowest BCUT2D eigenvalue weighted by atomic mass is 10.1. The molecule has 1 atom stereocenters. The number of benzene rings is 1. The number of rotatable bonds is 2. The molecule has 0 fully saturated rings. The van der Waals surface area contributed by atoms with Crippen LogP contribution in [0.15, 0.2) is 59.3 Å². The van der Waals surface area contributed by atoms with Crippen molar-refractivity contribution in [1.82, 2.24) is 4.31 Å². The van der Waals surface area contributed by atoms with E-state index in [0.717, 1.165) is 0 Å². The Morgan fingerprint density at radius 2 is 1.96 bits per heavy atom. The van der Waals surface area contributed by atoms with Crippen LogP contribution in [-0.2, 0) is 16.2 Å². The normalized spacial score (nSPS) is 17.0. The van der Waals surface area contributed by atoms with E-state index in [9.17, 15) is 19.7 Å². The van der Waals surface area contributed by atoms with E-state index in [1.165, 1.54) is 29.7 Å². The van der Waals surface area contributed by atoms with E-state index in [4.69, 9.17) is 0 Å². The van der Waals surface area contributed by atoms with E-state index in [-0.39, 0.29) is 17.3 Å². The van der Waals surface area contributed by atoms with Crippen LogP contribution in [0.2, 0.25) is 0 Å². The number of carbonyl (C=O) groups excluding carboxylic acids is 1. The van der Waals surface area contributed by atoms with Gasteiger partial charge in [-0.05, 0) is 18.2 Å². The summed E-state index contributed by atoms with van der Waals surface area (Å²) in [5.74, 6) is -0.993. The highest BCUT2D eigenvalue weighted by atomic mass is 32.2. The summed E-state index contributed by atoms with van der Waals surface area (Å²) in [6.07, 6.45) is 1.24. The highest BCUT2D eigenvalue weighted by molar-refractivity contribution is 7.89. The Kier molecular flexibility index (Phi) is 3.85. The van der Waals surface area contributed by atoms with Gasteiger partial charge in [0, 0.05) is 6.07 Å². The minimum Gasteiger partial charge on any atom is -0.711 e. The first-order valence-corrected chi connectivity index (χ1v) is 7.79. The monoisotopic (exact) mass is 331 g/mol. The van der Waals surface area contributed by atoms with Gasteiger partial charge in [-0.3, -0.25) is 0 Å². The number of pyridine rings is 1. The molecular weight excluding hydrogens is 318 g/mol. The minimum atomic E-state index is -1.62. The number of aromatic nitrogens is 1. The molecule has 1 aliphatic rings. The Balaban J connectivity index is 2.01. The Morgan fingerprint density at radius 3 is 2.70 bits per heavy atom. The van der Waals surface area contributed by atoms with Crippen molar-refractivity contribution < 1.29 is 19.2 Å². The van der Waals surface area contributed by atoms with Crippen LogP contribution in [0.3, 0.4) is 0 Å². The van der Waals surface area contributed by atoms with Crippen LogP contribution in [0.4, 0.5) is 5.82 Å². The van der Waals surface area contributed by atoms with Gasteiger partial charge in [0.1, 0.15) is 11.4 Å². The van der Waals surface area contributed by atoms with E-state index in [2.05, 4.69) is 5.32 Å². The van der Waals surface area contributed by atoms with Crippen LogP contribution in [-0.4, -0.2) is 26.9 Å².